The molecule has 1 aromatic carbocycles. The summed E-state index contributed by atoms with van der Waals surface area (Å²) in [6.07, 6.45) is 3.02. The number of piperidine rings is 1. The summed E-state index contributed by atoms with van der Waals surface area (Å²) in [7, 11) is 0. The molecule has 146 valence electrons. The van der Waals surface area contributed by atoms with Crippen LogP contribution in [0.5, 0.6) is 0 Å². The van der Waals surface area contributed by atoms with Gasteiger partial charge in [0.05, 0.1) is 11.7 Å². The van der Waals surface area contributed by atoms with Crippen LogP contribution >= 0.6 is 0 Å². The predicted octanol–water partition coefficient (Wildman–Crippen LogP) is 3.06. The van der Waals surface area contributed by atoms with Crippen LogP contribution in [0.4, 0.5) is 10.2 Å². The molecule has 0 amide bonds. The Labute approximate surface area is 163 Å². The third-order valence-corrected chi connectivity index (χ3v) is 5.97. The molecule has 0 saturated carbocycles. The lowest BCUT2D eigenvalue weighted by molar-refractivity contribution is 0.231. The van der Waals surface area contributed by atoms with E-state index in [4.69, 9.17) is 0 Å². The van der Waals surface area contributed by atoms with E-state index in [1.165, 1.54) is 6.42 Å². The SMILES string of the molecule is Cc1nc(N2CCC2)cc(-n2ncc3cc(C)c([C@H]4CCNC[C@H]4F)cc32)n1. The summed E-state index contributed by atoms with van der Waals surface area (Å²) in [6, 6.07) is 6.23. The molecule has 0 bridgehead atoms. The first-order chi connectivity index (χ1) is 13.6. The van der Waals surface area contributed by atoms with Gasteiger partial charge in [0.1, 0.15) is 17.8 Å². The van der Waals surface area contributed by atoms with E-state index >= 15 is 0 Å². The van der Waals surface area contributed by atoms with Gasteiger partial charge in [0.25, 0.3) is 0 Å². The molecule has 3 aromatic rings. The van der Waals surface area contributed by atoms with E-state index in [1.807, 2.05) is 23.9 Å². The zero-order chi connectivity index (χ0) is 19.3. The summed E-state index contributed by atoms with van der Waals surface area (Å²) in [5, 5.41) is 8.79. The van der Waals surface area contributed by atoms with E-state index in [0.29, 0.717) is 6.54 Å². The molecular weight excluding hydrogens is 355 g/mol. The number of hydrogen-bond acceptors (Lipinski definition) is 5. The smallest absolute Gasteiger partial charge is 0.159 e. The van der Waals surface area contributed by atoms with Crippen LogP contribution in [0.15, 0.2) is 24.4 Å². The number of hydrogen-bond donors (Lipinski definition) is 1. The molecule has 0 radical (unpaired) electrons. The van der Waals surface area contributed by atoms with Crippen LogP contribution in [0.3, 0.4) is 0 Å². The van der Waals surface area contributed by atoms with Crippen LogP contribution in [-0.2, 0) is 0 Å². The van der Waals surface area contributed by atoms with Gasteiger partial charge in [0.15, 0.2) is 5.82 Å². The maximum atomic E-state index is 14.6. The van der Waals surface area contributed by atoms with Crippen molar-refractivity contribution < 1.29 is 4.39 Å². The molecule has 5 rings (SSSR count). The van der Waals surface area contributed by atoms with E-state index in [2.05, 4.69) is 44.3 Å². The van der Waals surface area contributed by atoms with Crippen molar-refractivity contribution in [3.8, 4) is 5.82 Å². The van der Waals surface area contributed by atoms with E-state index < -0.39 is 6.17 Å². The molecule has 6 nitrogen and oxygen atoms in total. The average Bonchev–Trinajstić information content (AvgIpc) is 3.02. The fourth-order valence-electron chi connectivity index (χ4n) is 4.31. The zero-order valence-corrected chi connectivity index (χ0v) is 16.3. The van der Waals surface area contributed by atoms with E-state index in [9.17, 15) is 4.39 Å². The Morgan fingerprint density at radius 2 is 1.93 bits per heavy atom. The van der Waals surface area contributed by atoms with Gasteiger partial charge < -0.3 is 10.2 Å². The van der Waals surface area contributed by atoms with Gasteiger partial charge in [-0.15, -0.1) is 0 Å². The van der Waals surface area contributed by atoms with Crippen molar-refractivity contribution in [2.75, 3.05) is 31.1 Å². The highest BCUT2D eigenvalue weighted by molar-refractivity contribution is 5.82. The number of nitrogens with zero attached hydrogens (tertiary/aromatic N) is 5. The highest BCUT2D eigenvalue weighted by atomic mass is 19.1. The Hall–Kier alpha value is -2.54. The van der Waals surface area contributed by atoms with Crippen molar-refractivity contribution in [2.45, 2.75) is 38.8 Å². The van der Waals surface area contributed by atoms with Gasteiger partial charge in [-0.2, -0.15) is 5.10 Å². The third kappa shape index (κ3) is 2.94. The molecule has 7 heteroatoms. The first kappa shape index (κ1) is 17.6. The lowest BCUT2D eigenvalue weighted by Crippen LogP contribution is -2.37. The Bertz CT molecular complexity index is 1030. The Kier molecular flexibility index (Phi) is 4.27. The topological polar surface area (TPSA) is 58.9 Å². The minimum Gasteiger partial charge on any atom is -0.356 e. The maximum absolute atomic E-state index is 14.6. The van der Waals surface area contributed by atoms with Crippen LogP contribution in [0.2, 0.25) is 0 Å². The molecule has 1 N–H and O–H groups in total. The number of anilines is 1. The molecule has 2 aliphatic heterocycles. The molecule has 0 spiro atoms. The van der Waals surface area contributed by atoms with Gasteiger partial charge >= 0.3 is 0 Å². The third-order valence-electron chi connectivity index (χ3n) is 5.97. The molecule has 0 unspecified atom stereocenters. The average molecular weight is 380 g/mol. The highest BCUT2D eigenvalue weighted by Crippen LogP contribution is 2.33. The molecule has 0 aliphatic carbocycles. The van der Waals surface area contributed by atoms with E-state index in [0.717, 1.165) is 65.5 Å². The summed E-state index contributed by atoms with van der Waals surface area (Å²) in [6.45, 7) is 7.33. The van der Waals surface area contributed by atoms with Crippen molar-refractivity contribution in [3.63, 3.8) is 0 Å². The molecule has 2 aromatic heterocycles. The fraction of sp³-hybridized carbons (Fsp3) is 0.476. The quantitative estimate of drug-likeness (QED) is 0.757. The van der Waals surface area contributed by atoms with Crippen molar-refractivity contribution in [1.29, 1.82) is 0 Å². The summed E-state index contributed by atoms with van der Waals surface area (Å²) < 4.78 is 16.5. The molecule has 2 aliphatic rings. The summed E-state index contributed by atoms with van der Waals surface area (Å²) >= 11 is 0. The first-order valence-corrected chi connectivity index (χ1v) is 10.0. The van der Waals surface area contributed by atoms with Gasteiger partial charge in [0.2, 0.25) is 0 Å². The van der Waals surface area contributed by atoms with Crippen molar-refractivity contribution in [3.05, 3.63) is 41.3 Å². The molecule has 2 saturated heterocycles. The van der Waals surface area contributed by atoms with Crippen LogP contribution in [0.25, 0.3) is 16.7 Å². The number of rotatable bonds is 3. The van der Waals surface area contributed by atoms with Gasteiger partial charge in [0, 0.05) is 37.0 Å². The van der Waals surface area contributed by atoms with E-state index in [-0.39, 0.29) is 5.92 Å². The summed E-state index contributed by atoms with van der Waals surface area (Å²) in [4.78, 5) is 11.5. The number of nitrogens with one attached hydrogen (secondary N) is 1. The molecule has 28 heavy (non-hydrogen) atoms. The lowest BCUT2D eigenvalue weighted by atomic mass is 9.85. The van der Waals surface area contributed by atoms with Crippen molar-refractivity contribution >= 4 is 16.7 Å². The largest absolute Gasteiger partial charge is 0.356 e. The number of alkyl halides is 1. The minimum atomic E-state index is -0.861. The maximum Gasteiger partial charge on any atom is 0.159 e. The first-order valence-electron chi connectivity index (χ1n) is 10.0. The number of benzene rings is 1. The van der Waals surface area contributed by atoms with Gasteiger partial charge in [-0.1, -0.05) is 0 Å². The normalized spacial score (nSPS) is 22.5. The summed E-state index contributed by atoms with van der Waals surface area (Å²) in [5.74, 6) is 2.38. The van der Waals surface area contributed by atoms with E-state index in [1.54, 1.807) is 0 Å². The Morgan fingerprint density at radius 3 is 2.68 bits per heavy atom. The van der Waals surface area contributed by atoms with Gasteiger partial charge in [-0.05, 0) is 56.5 Å². The number of aryl methyl sites for hydroxylation is 2. The number of aromatic nitrogens is 4. The second-order valence-electron chi connectivity index (χ2n) is 7.91. The Balaban J connectivity index is 1.61. The molecule has 4 heterocycles. The van der Waals surface area contributed by atoms with Crippen LogP contribution in [-0.4, -0.2) is 52.1 Å². The zero-order valence-electron chi connectivity index (χ0n) is 16.3. The van der Waals surface area contributed by atoms with Crippen LogP contribution in [0, 0.1) is 13.8 Å². The molecule has 2 atom stereocenters. The standard InChI is InChI=1S/C21H25FN6/c1-13-8-15-11-24-28(19(15)9-17(13)16-4-5-23-12-18(16)22)21-10-20(25-14(2)26-21)27-6-3-7-27/h8-11,16,18,23H,3-7,12H2,1-2H3/t16-,18-/m1/s1. The monoisotopic (exact) mass is 380 g/mol. The van der Waals surface area contributed by atoms with Crippen LogP contribution < -0.4 is 10.2 Å². The second kappa shape index (κ2) is 6.81. The van der Waals surface area contributed by atoms with Gasteiger partial charge in [-0.3, -0.25) is 0 Å². The van der Waals surface area contributed by atoms with Crippen molar-refractivity contribution in [1.82, 2.24) is 25.1 Å². The molecular formula is C21H25FN6. The van der Waals surface area contributed by atoms with Crippen LogP contribution in [0.1, 0.15) is 35.7 Å². The highest BCUT2D eigenvalue weighted by Gasteiger charge is 2.28. The number of fused-ring (bicyclic) bond motifs is 1. The summed E-state index contributed by atoms with van der Waals surface area (Å²) in [5.41, 5.74) is 3.18. The Morgan fingerprint density at radius 1 is 1.11 bits per heavy atom. The predicted molar refractivity (Wildman–Crippen MR) is 108 cm³/mol. The minimum absolute atomic E-state index is 0.0715. The number of halogens is 1. The van der Waals surface area contributed by atoms with Gasteiger partial charge in [-0.25, -0.2) is 19.0 Å². The fourth-order valence-corrected chi connectivity index (χ4v) is 4.31. The molecule has 2 fully saturated rings. The second-order valence-corrected chi connectivity index (χ2v) is 7.91. The lowest BCUT2D eigenvalue weighted by Gasteiger charge is -2.32. The van der Waals surface area contributed by atoms with Crippen molar-refractivity contribution in [2.24, 2.45) is 0 Å².